The summed E-state index contributed by atoms with van der Waals surface area (Å²) in [5.74, 6) is -0.464. The molecule has 17 heavy (non-hydrogen) atoms. The quantitative estimate of drug-likeness (QED) is 0.777. The number of phenolic OH excluding ortho intramolecular Hbond substituents is 1. The molecule has 2 N–H and O–H groups in total. The van der Waals surface area contributed by atoms with E-state index in [2.05, 4.69) is 4.74 Å². The fraction of sp³-hybridized carbons (Fsp3) is 0.417. The fourth-order valence-corrected chi connectivity index (χ4v) is 1.67. The van der Waals surface area contributed by atoms with Crippen LogP contribution in [0.1, 0.15) is 22.8 Å². The number of rotatable bonds is 3. The van der Waals surface area contributed by atoms with Gasteiger partial charge >= 0.3 is 5.97 Å². The zero-order chi connectivity index (χ0) is 13.2. The molecule has 0 heterocycles. The average Bonchev–Trinajstić information content (AvgIpc) is 2.32. The van der Waals surface area contributed by atoms with Crippen LogP contribution in [0.25, 0.3) is 0 Å². The molecule has 0 aliphatic rings. The number of esters is 1. The number of aliphatic hydroxyl groups excluding tert-OH is 1. The number of aromatic hydroxyl groups is 1. The molecule has 0 amide bonds. The number of carbonyl (C=O) groups is 1. The summed E-state index contributed by atoms with van der Waals surface area (Å²) in [5.41, 5.74) is 1.18. The molecule has 1 aromatic rings. The van der Waals surface area contributed by atoms with Gasteiger partial charge in [-0.05, 0) is 25.5 Å². The largest absolute Gasteiger partial charge is 0.507 e. The van der Waals surface area contributed by atoms with Crippen molar-refractivity contribution >= 4 is 5.97 Å². The molecule has 5 nitrogen and oxygen atoms in total. The van der Waals surface area contributed by atoms with Crippen molar-refractivity contribution in [2.75, 3.05) is 14.2 Å². The first-order valence-electron chi connectivity index (χ1n) is 5.07. The summed E-state index contributed by atoms with van der Waals surface area (Å²) in [6.07, 6.45) is -1.50. The summed E-state index contributed by atoms with van der Waals surface area (Å²) < 4.78 is 9.51. The summed E-state index contributed by atoms with van der Waals surface area (Å²) in [4.78, 5) is 11.3. The number of aliphatic hydroxyl groups is 1. The standard InChI is InChI=1S/C12H16O5/c1-6-5-8(16-3)7(2)10(13)9(6)11(14)12(15)17-4/h5,11,13-14H,1-4H3. The zero-order valence-corrected chi connectivity index (χ0v) is 10.3. The lowest BCUT2D eigenvalue weighted by atomic mass is 9.98. The van der Waals surface area contributed by atoms with Gasteiger partial charge in [-0.3, -0.25) is 0 Å². The number of hydrogen-bond acceptors (Lipinski definition) is 5. The molecule has 1 atom stereocenters. The minimum absolute atomic E-state index is 0.148. The lowest BCUT2D eigenvalue weighted by Crippen LogP contribution is -2.15. The molecular formula is C12H16O5. The number of aryl methyl sites for hydroxylation is 1. The van der Waals surface area contributed by atoms with Crippen molar-refractivity contribution < 1.29 is 24.5 Å². The molecule has 0 aliphatic heterocycles. The first-order chi connectivity index (χ1) is 7.93. The van der Waals surface area contributed by atoms with Crippen LogP contribution in [0, 0.1) is 13.8 Å². The van der Waals surface area contributed by atoms with E-state index in [0.29, 0.717) is 16.9 Å². The van der Waals surface area contributed by atoms with E-state index < -0.39 is 12.1 Å². The highest BCUT2D eigenvalue weighted by atomic mass is 16.5. The van der Waals surface area contributed by atoms with Crippen LogP contribution in [-0.4, -0.2) is 30.4 Å². The van der Waals surface area contributed by atoms with Crippen LogP contribution in [-0.2, 0) is 9.53 Å². The predicted molar refractivity (Wildman–Crippen MR) is 61.1 cm³/mol. The fourth-order valence-electron chi connectivity index (χ4n) is 1.67. The molecule has 0 saturated carbocycles. The van der Waals surface area contributed by atoms with E-state index in [1.54, 1.807) is 19.9 Å². The monoisotopic (exact) mass is 240 g/mol. The number of ether oxygens (including phenoxy) is 2. The first-order valence-corrected chi connectivity index (χ1v) is 5.07. The molecule has 0 bridgehead atoms. The highest BCUT2D eigenvalue weighted by molar-refractivity contribution is 5.78. The normalized spacial score (nSPS) is 12.1. The highest BCUT2D eigenvalue weighted by Gasteiger charge is 2.25. The lowest BCUT2D eigenvalue weighted by Gasteiger charge is -2.17. The van der Waals surface area contributed by atoms with Crippen LogP contribution in [0.5, 0.6) is 11.5 Å². The van der Waals surface area contributed by atoms with Crippen molar-refractivity contribution in [3.8, 4) is 11.5 Å². The lowest BCUT2D eigenvalue weighted by molar-refractivity contribution is -0.150. The van der Waals surface area contributed by atoms with Gasteiger partial charge in [-0.25, -0.2) is 4.79 Å². The van der Waals surface area contributed by atoms with Gasteiger partial charge in [-0.15, -0.1) is 0 Å². The first kappa shape index (κ1) is 13.3. The number of methoxy groups -OCH3 is 2. The van der Waals surface area contributed by atoms with Crippen LogP contribution in [0.15, 0.2) is 6.07 Å². The molecule has 1 rings (SSSR count). The number of benzene rings is 1. The third-order valence-corrected chi connectivity index (χ3v) is 2.67. The smallest absolute Gasteiger partial charge is 0.339 e. The van der Waals surface area contributed by atoms with Gasteiger partial charge < -0.3 is 19.7 Å². The van der Waals surface area contributed by atoms with Crippen molar-refractivity contribution in [1.82, 2.24) is 0 Å². The third kappa shape index (κ3) is 2.34. The van der Waals surface area contributed by atoms with Crippen LogP contribution in [0.3, 0.4) is 0 Å². The van der Waals surface area contributed by atoms with E-state index >= 15 is 0 Å². The molecule has 0 radical (unpaired) electrons. The van der Waals surface area contributed by atoms with Crippen LogP contribution in [0.4, 0.5) is 0 Å². The molecule has 0 aromatic heterocycles. The van der Waals surface area contributed by atoms with Gasteiger partial charge in [0.1, 0.15) is 11.5 Å². The summed E-state index contributed by atoms with van der Waals surface area (Å²) >= 11 is 0. The van der Waals surface area contributed by atoms with Gasteiger partial charge in [-0.2, -0.15) is 0 Å². The van der Waals surface area contributed by atoms with Crippen LogP contribution >= 0.6 is 0 Å². The second kappa shape index (κ2) is 5.05. The molecule has 1 unspecified atom stereocenters. The summed E-state index contributed by atoms with van der Waals surface area (Å²) in [6.45, 7) is 3.31. The van der Waals surface area contributed by atoms with Crippen LogP contribution in [0.2, 0.25) is 0 Å². The van der Waals surface area contributed by atoms with Gasteiger partial charge in [0.2, 0.25) is 0 Å². The van der Waals surface area contributed by atoms with E-state index in [-0.39, 0.29) is 11.3 Å². The van der Waals surface area contributed by atoms with Crippen molar-refractivity contribution in [3.63, 3.8) is 0 Å². The molecular weight excluding hydrogens is 224 g/mol. The Hall–Kier alpha value is -1.75. The summed E-state index contributed by atoms with van der Waals surface area (Å²) in [6, 6.07) is 1.65. The Morgan fingerprint density at radius 3 is 2.41 bits per heavy atom. The Kier molecular flexibility index (Phi) is 3.96. The van der Waals surface area contributed by atoms with Gasteiger partial charge in [0, 0.05) is 11.1 Å². The second-order valence-corrected chi connectivity index (χ2v) is 3.71. The van der Waals surface area contributed by atoms with Gasteiger partial charge in [-0.1, -0.05) is 0 Å². The topological polar surface area (TPSA) is 76.0 Å². The highest BCUT2D eigenvalue weighted by Crippen LogP contribution is 2.37. The molecule has 94 valence electrons. The molecule has 0 aliphatic carbocycles. The molecule has 1 aromatic carbocycles. The van der Waals surface area contributed by atoms with Gasteiger partial charge in [0.05, 0.1) is 14.2 Å². The van der Waals surface area contributed by atoms with Crippen molar-refractivity contribution in [2.24, 2.45) is 0 Å². The van der Waals surface area contributed by atoms with E-state index in [4.69, 9.17) is 4.74 Å². The van der Waals surface area contributed by atoms with E-state index in [9.17, 15) is 15.0 Å². The Morgan fingerprint density at radius 2 is 1.94 bits per heavy atom. The Labute approximate surface area is 99.6 Å². The van der Waals surface area contributed by atoms with E-state index in [1.807, 2.05) is 0 Å². The Balaban J connectivity index is 3.35. The van der Waals surface area contributed by atoms with Crippen molar-refractivity contribution in [3.05, 3.63) is 22.8 Å². The van der Waals surface area contributed by atoms with Crippen molar-refractivity contribution in [1.29, 1.82) is 0 Å². The van der Waals surface area contributed by atoms with E-state index in [1.165, 1.54) is 14.2 Å². The minimum atomic E-state index is -1.50. The molecule has 0 fully saturated rings. The molecule has 0 saturated heterocycles. The predicted octanol–water partition coefficient (Wildman–Crippen LogP) is 1.22. The maximum absolute atomic E-state index is 11.3. The maximum Gasteiger partial charge on any atom is 0.339 e. The van der Waals surface area contributed by atoms with E-state index in [0.717, 1.165) is 0 Å². The summed E-state index contributed by atoms with van der Waals surface area (Å²) in [5, 5.41) is 19.7. The number of hydrogen-bond donors (Lipinski definition) is 2. The van der Waals surface area contributed by atoms with Gasteiger partial charge in [0.15, 0.2) is 6.10 Å². The second-order valence-electron chi connectivity index (χ2n) is 3.71. The number of carbonyl (C=O) groups excluding carboxylic acids is 1. The van der Waals surface area contributed by atoms with Crippen LogP contribution < -0.4 is 4.74 Å². The minimum Gasteiger partial charge on any atom is -0.507 e. The summed E-state index contributed by atoms with van der Waals surface area (Å²) in [7, 11) is 2.66. The number of phenols is 1. The Morgan fingerprint density at radius 1 is 1.35 bits per heavy atom. The molecule has 5 heteroatoms. The van der Waals surface area contributed by atoms with Gasteiger partial charge in [0.25, 0.3) is 0 Å². The van der Waals surface area contributed by atoms with Crippen molar-refractivity contribution in [2.45, 2.75) is 20.0 Å². The SMILES string of the molecule is COC(=O)C(O)c1c(C)cc(OC)c(C)c1O. The maximum atomic E-state index is 11.3. The third-order valence-electron chi connectivity index (χ3n) is 2.67. The Bertz CT molecular complexity index is 439. The average molecular weight is 240 g/mol. The zero-order valence-electron chi connectivity index (χ0n) is 10.3. The molecule has 0 spiro atoms.